The molecule has 3 N–H and O–H groups in total. The zero-order valence-electron chi connectivity index (χ0n) is 12.6. The third-order valence-corrected chi connectivity index (χ3v) is 4.60. The summed E-state index contributed by atoms with van der Waals surface area (Å²) in [5, 5.41) is 3.72. The highest BCUT2D eigenvalue weighted by molar-refractivity contribution is 7.18. The number of carbonyl (C=O) groups is 1. The monoisotopic (exact) mass is 314 g/mol. The Hall–Kier alpha value is -1.38. The number of methoxy groups -OCH3 is 1. The lowest BCUT2D eigenvalue weighted by molar-refractivity contribution is 0.0579. The number of nitrogen functional groups attached to an aromatic ring is 1. The lowest BCUT2D eigenvalue weighted by atomic mass is 10.1. The quantitative estimate of drug-likeness (QED) is 0.762. The van der Waals surface area contributed by atoms with E-state index in [9.17, 15) is 4.79 Å². The number of thiazole rings is 1. The summed E-state index contributed by atoms with van der Waals surface area (Å²) in [6, 6.07) is 0.0869. The zero-order valence-corrected chi connectivity index (χ0v) is 13.4. The highest BCUT2D eigenvalue weighted by atomic mass is 32.1. The summed E-state index contributed by atoms with van der Waals surface area (Å²) in [6.07, 6.45) is 0.897. The fourth-order valence-electron chi connectivity index (χ4n) is 2.36. The molecule has 1 aliphatic rings. The van der Waals surface area contributed by atoms with Crippen LogP contribution in [0.5, 0.6) is 0 Å². The topological polar surface area (TPSA) is 89.7 Å². The second kappa shape index (κ2) is 7.06. The Bertz CT molecular complexity index is 494. The van der Waals surface area contributed by atoms with Gasteiger partial charge in [0.15, 0.2) is 5.13 Å². The molecule has 2 heterocycles. The normalized spacial score (nSPS) is 21.5. The van der Waals surface area contributed by atoms with Gasteiger partial charge in [-0.25, -0.2) is 4.98 Å². The van der Waals surface area contributed by atoms with Gasteiger partial charge in [0.1, 0.15) is 10.7 Å². The van der Waals surface area contributed by atoms with Crippen molar-refractivity contribution < 1.29 is 14.3 Å². The van der Waals surface area contributed by atoms with Crippen molar-refractivity contribution in [2.45, 2.75) is 25.5 Å². The minimum Gasteiger partial charge on any atom is -0.383 e. The predicted octanol–water partition coefficient (Wildman–Crippen LogP) is 1.03. The number of carbonyl (C=O) groups excluding carboxylic acids is 1. The summed E-state index contributed by atoms with van der Waals surface area (Å²) in [6.45, 7) is 3.86. The number of nitrogens with zero attached hydrogens (tertiary/aromatic N) is 2. The van der Waals surface area contributed by atoms with E-state index >= 15 is 0 Å². The minimum atomic E-state index is -0.104. The molecular formula is C13H22N4O3S. The number of hydrogen-bond acceptors (Lipinski definition) is 7. The molecule has 0 aromatic carbocycles. The van der Waals surface area contributed by atoms with Gasteiger partial charge in [-0.15, -0.1) is 0 Å². The molecule has 2 rings (SSSR count). The van der Waals surface area contributed by atoms with Crippen LogP contribution in [-0.4, -0.2) is 61.9 Å². The van der Waals surface area contributed by atoms with E-state index in [1.807, 2.05) is 6.92 Å². The molecular weight excluding hydrogens is 292 g/mol. The van der Waals surface area contributed by atoms with Crippen LogP contribution in [0, 0.1) is 0 Å². The van der Waals surface area contributed by atoms with Crippen molar-refractivity contribution in [3.8, 4) is 0 Å². The van der Waals surface area contributed by atoms with E-state index in [0.29, 0.717) is 29.8 Å². The van der Waals surface area contributed by atoms with Gasteiger partial charge in [-0.05, 0) is 13.3 Å². The number of aromatic nitrogens is 1. The Morgan fingerprint density at radius 2 is 2.43 bits per heavy atom. The number of anilines is 2. The molecule has 7 nitrogen and oxygen atoms in total. The van der Waals surface area contributed by atoms with Crippen LogP contribution in [0.4, 0.5) is 10.9 Å². The number of likely N-dealkylation sites (N-methyl/N-ethyl adjacent to an activating group) is 1. The van der Waals surface area contributed by atoms with Gasteiger partial charge >= 0.3 is 0 Å². The predicted molar refractivity (Wildman–Crippen MR) is 82.8 cm³/mol. The summed E-state index contributed by atoms with van der Waals surface area (Å²) in [4.78, 5) is 18.9. The molecule has 8 heteroatoms. The summed E-state index contributed by atoms with van der Waals surface area (Å²) >= 11 is 1.27. The Morgan fingerprint density at radius 1 is 1.67 bits per heavy atom. The highest BCUT2D eigenvalue weighted by Crippen LogP contribution is 2.28. The van der Waals surface area contributed by atoms with Crippen molar-refractivity contribution in [3.05, 3.63) is 4.88 Å². The van der Waals surface area contributed by atoms with Crippen LogP contribution < -0.4 is 11.1 Å². The Kier molecular flexibility index (Phi) is 5.38. The van der Waals surface area contributed by atoms with Crippen LogP contribution in [0.1, 0.15) is 23.0 Å². The summed E-state index contributed by atoms with van der Waals surface area (Å²) in [5.41, 5.74) is 5.87. The molecule has 0 aliphatic carbocycles. The van der Waals surface area contributed by atoms with Crippen LogP contribution in [0.3, 0.4) is 0 Å². The third kappa shape index (κ3) is 3.63. The number of nitrogens with two attached hydrogens (primary N) is 1. The van der Waals surface area contributed by atoms with Crippen molar-refractivity contribution in [2.24, 2.45) is 0 Å². The van der Waals surface area contributed by atoms with Gasteiger partial charge in [-0.2, -0.15) is 0 Å². The van der Waals surface area contributed by atoms with Gasteiger partial charge in [-0.1, -0.05) is 11.3 Å². The lowest BCUT2D eigenvalue weighted by Crippen LogP contribution is -2.40. The number of hydrogen-bond donors (Lipinski definition) is 2. The smallest absolute Gasteiger partial charge is 0.267 e. The highest BCUT2D eigenvalue weighted by Gasteiger charge is 2.32. The molecule has 2 atom stereocenters. The molecule has 1 aliphatic heterocycles. The lowest BCUT2D eigenvalue weighted by Gasteiger charge is -2.26. The number of ether oxygens (including phenoxy) is 2. The second-order valence-electron chi connectivity index (χ2n) is 5.00. The van der Waals surface area contributed by atoms with Gasteiger partial charge in [0.2, 0.25) is 0 Å². The zero-order chi connectivity index (χ0) is 15.4. The van der Waals surface area contributed by atoms with E-state index in [-0.39, 0.29) is 23.9 Å². The maximum Gasteiger partial charge on any atom is 0.267 e. The maximum atomic E-state index is 12.5. The van der Waals surface area contributed by atoms with Crippen molar-refractivity contribution in [1.82, 2.24) is 9.88 Å². The Balaban J connectivity index is 2.04. The van der Waals surface area contributed by atoms with Crippen LogP contribution in [0.25, 0.3) is 0 Å². The summed E-state index contributed by atoms with van der Waals surface area (Å²) in [7, 11) is 3.42. The van der Waals surface area contributed by atoms with E-state index in [4.69, 9.17) is 15.2 Å². The van der Waals surface area contributed by atoms with E-state index < -0.39 is 0 Å². The Morgan fingerprint density at radius 3 is 3.05 bits per heavy atom. The first-order valence-electron chi connectivity index (χ1n) is 6.92. The number of nitrogens with one attached hydrogen (secondary N) is 1. The Labute approximate surface area is 128 Å². The molecule has 0 bridgehead atoms. The molecule has 1 aromatic rings. The fourth-order valence-corrected chi connectivity index (χ4v) is 3.25. The molecule has 0 spiro atoms. The first kappa shape index (κ1) is 16.0. The van der Waals surface area contributed by atoms with Gasteiger partial charge in [0.25, 0.3) is 5.91 Å². The summed E-state index contributed by atoms with van der Waals surface area (Å²) in [5.74, 6) is 0.162. The van der Waals surface area contributed by atoms with Crippen molar-refractivity contribution in [3.63, 3.8) is 0 Å². The molecule has 1 saturated heterocycles. The second-order valence-corrected chi connectivity index (χ2v) is 6.00. The van der Waals surface area contributed by atoms with E-state index in [1.165, 1.54) is 11.3 Å². The van der Waals surface area contributed by atoms with Gasteiger partial charge in [-0.3, -0.25) is 4.79 Å². The minimum absolute atomic E-state index is 0.0485. The fraction of sp³-hybridized carbons (Fsp3) is 0.692. The van der Waals surface area contributed by atoms with E-state index in [0.717, 1.165) is 6.42 Å². The van der Waals surface area contributed by atoms with E-state index in [1.54, 1.807) is 19.1 Å². The molecule has 0 radical (unpaired) electrons. The molecule has 1 amide bonds. The average Bonchev–Trinajstić information content (AvgIpc) is 3.04. The number of amides is 1. The van der Waals surface area contributed by atoms with Crippen LogP contribution >= 0.6 is 11.3 Å². The van der Waals surface area contributed by atoms with Crippen molar-refractivity contribution in [1.29, 1.82) is 0 Å². The largest absolute Gasteiger partial charge is 0.383 e. The molecule has 118 valence electrons. The molecule has 1 fully saturated rings. The maximum absolute atomic E-state index is 12.5. The van der Waals surface area contributed by atoms with Crippen molar-refractivity contribution in [2.75, 3.05) is 45.0 Å². The first-order chi connectivity index (χ1) is 10.0. The molecule has 21 heavy (non-hydrogen) atoms. The van der Waals surface area contributed by atoms with Crippen molar-refractivity contribution >= 4 is 28.2 Å². The standard InChI is InChI=1S/C13H22N4O3S/c1-8-9(4-6-20-8)17(2)12(18)10-11(14)16-13(21-10)15-5-7-19-3/h8-9H,4-7,14H2,1-3H3,(H,15,16). The average molecular weight is 314 g/mol. The van der Waals surface area contributed by atoms with Gasteiger partial charge < -0.3 is 25.4 Å². The van der Waals surface area contributed by atoms with Crippen LogP contribution in [0.15, 0.2) is 0 Å². The third-order valence-electron chi connectivity index (χ3n) is 3.58. The number of rotatable bonds is 6. The van der Waals surface area contributed by atoms with Gasteiger partial charge in [0, 0.05) is 27.3 Å². The van der Waals surface area contributed by atoms with E-state index in [2.05, 4.69) is 10.3 Å². The van der Waals surface area contributed by atoms with Crippen LogP contribution in [0.2, 0.25) is 0 Å². The molecule has 1 aromatic heterocycles. The molecule has 0 saturated carbocycles. The SMILES string of the molecule is COCCNc1nc(N)c(C(=O)N(C)C2CCOC2C)s1. The van der Waals surface area contributed by atoms with Crippen LogP contribution in [-0.2, 0) is 9.47 Å². The summed E-state index contributed by atoms with van der Waals surface area (Å²) < 4.78 is 10.5. The van der Waals surface area contributed by atoms with Gasteiger partial charge in [0.05, 0.1) is 18.8 Å². The molecule has 2 unspecified atom stereocenters. The first-order valence-corrected chi connectivity index (χ1v) is 7.74.